The Labute approximate surface area is 101 Å². The maximum absolute atomic E-state index is 10.9. The van der Waals surface area contributed by atoms with E-state index >= 15 is 0 Å². The Morgan fingerprint density at radius 1 is 1.53 bits per heavy atom. The molecule has 0 aromatic heterocycles. The molecule has 1 aliphatic heterocycles. The fourth-order valence-electron chi connectivity index (χ4n) is 2.16. The molecular formula is C13H18N2O2. The second-order valence-electron chi connectivity index (χ2n) is 4.15. The van der Waals surface area contributed by atoms with Crippen molar-refractivity contribution < 1.29 is 9.53 Å². The van der Waals surface area contributed by atoms with E-state index < -0.39 is 0 Å². The topological polar surface area (TPSA) is 50.4 Å². The molecule has 4 nitrogen and oxygen atoms in total. The number of para-hydroxylation sites is 1. The number of nitrogens with one attached hydrogen (secondary N) is 2. The number of rotatable bonds is 3. The van der Waals surface area contributed by atoms with Crippen molar-refractivity contribution in [1.82, 2.24) is 5.32 Å². The lowest BCUT2D eigenvalue weighted by molar-refractivity contribution is 0.171. The quantitative estimate of drug-likeness (QED) is 0.840. The predicted molar refractivity (Wildman–Crippen MR) is 67.4 cm³/mol. The van der Waals surface area contributed by atoms with Crippen LogP contribution in [-0.2, 0) is 17.6 Å². The van der Waals surface area contributed by atoms with Gasteiger partial charge in [0.25, 0.3) is 0 Å². The van der Waals surface area contributed by atoms with Crippen molar-refractivity contribution in [1.29, 1.82) is 0 Å². The summed E-state index contributed by atoms with van der Waals surface area (Å²) in [4.78, 5) is 10.9. The number of aryl methyl sites for hydroxylation is 1. The zero-order valence-corrected chi connectivity index (χ0v) is 10.1. The van der Waals surface area contributed by atoms with Crippen LogP contribution in [0.3, 0.4) is 0 Å². The van der Waals surface area contributed by atoms with Crippen LogP contribution >= 0.6 is 0 Å². The molecule has 17 heavy (non-hydrogen) atoms. The minimum atomic E-state index is -0.372. The average molecular weight is 234 g/mol. The van der Waals surface area contributed by atoms with Crippen LogP contribution in [-0.4, -0.2) is 26.3 Å². The first-order valence-electron chi connectivity index (χ1n) is 5.97. The number of benzene rings is 1. The van der Waals surface area contributed by atoms with E-state index in [2.05, 4.69) is 33.6 Å². The summed E-state index contributed by atoms with van der Waals surface area (Å²) < 4.78 is 4.54. The maximum atomic E-state index is 10.9. The van der Waals surface area contributed by atoms with Gasteiger partial charge in [0, 0.05) is 18.8 Å². The molecule has 2 rings (SSSR count). The van der Waals surface area contributed by atoms with Crippen LogP contribution in [0.2, 0.25) is 0 Å². The number of carbonyl (C=O) groups is 1. The van der Waals surface area contributed by atoms with E-state index in [1.165, 1.54) is 30.3 Å². The second-order valence-corrected chi connectivity index (χ2v) is 4.15. The summed E-state index contributed by atoms with van der Waals surface area (Å²) in [6.45, 7) is 1.64. The molecule has 0 bridgehead atoms. The molecule has 4 heteroatoms. The first-order valence-corrected chi connectivity index (χ1v) is 5.97. The molecule has 92 valence electrons. The van der Waals surface area contributed by atoms with Gasteiger partial charge < -0.3 is 15.4 Å². The molecule has 0 radical (unpaired) electrons. The van der Waals surface area contributed by atoms with Gasteiger partial charge in [-0.3, -0.25) is 0 Å². The average Bonchev–Trinajstić information content (AvgIpc) is 2.39. The Bertz CT molecular complexity index is 404. The van der Waals surface area contributed by atoms with Crippen molar-refractivity contribution in [2.75, 3.05) is 25.5 Å². The molecular weight excluding hydrogens is 216 g/mol. The number of amides is 1. The van der Waals surface area contributed by atoms with E-state index in [-0.39, 0.29) is 6.09 Å². The molecule has 0 unspecified atom stereocenters. The number of hydrogen-bond acceptors (Lipinski definition) is 3. The van der Waals surface area contributed by atoms with E-state index in [0.717, 1.165) is 19.4 Å². The summed E-state index contributed by atoms with van der Waals surface area (Å²) in [6.07, 6.45) is 2.78. The fraction of sp³-hybridized carbons (Fsp3) is 0.462. The van der Waals surface area contributed by atoms with E-state index in [1.54, 1.807) is 0 Å². The van der Waals surface area contributed by atoms with Crippen molar-refractivity contribution in [2.45, 2.75) is 19.3 Å². The standard InChI is InChI=1S/C13H18N2O2/c1-17-13(16)15-9-7-11-5-2-4-10-6-3-8-14-12(10)11/h2,4-5,14H,3,6-9H2,1H3,(H,15,16). The largest absolute Gasteiger partial charge is 0.453 e. The van der Waals surface area contributed by atoms with Crippen LogP contribution in [0.1, 0.15) is 17.5 Å². The molecule has 1 amide bonds. The molecule has 1 aliphatic rings. The molecule has 1 heterocycles. The van der Waals surface area contributed by atoms with Crippen LogP contribution in [0, 0.1) is 0 Å². The van der Waals surface area contributed by atoms with Crippen LogP contribution < -0.4 is 10.6 Å². The van der Waals surface area contributed by atoms with Crippen molar-refractivity contribution in [3.63, 3.8) is 0 Å². The van der Waals surface area contributed by atoms with Crippen LogP contribution in [0.4, 0.5) is 10.5 Å². The summed E-state index contributed by atoms with van der Waals surface area (Å²) in [7, 11) is 1.38. The molecule has 2 N–H and O–H groups in total. The maximum Gasteiger partial charge on any atom is 0.406 e. The molecule has 0 fully saturated rings. The number of ether oxygens (including phenoxy) is 1. The van der Waals surface area contributed by atoms with Gasteiger partial charge in [0.1, 0.15) is 0 Å². The third kappa shape index (κ3) is 2.90. The first-order chi connectivity index (χ1) is 8.31. The lowest BCUT2D eigenvalue weighted by Gasteiger charge is -2.21. The molecule has 0 saturated carbocycles. The van der Waals surface area contributed by atoms with Crippen LogP contribution in [0.15, 0.2) is 18.2 Å². The van der Waals surface area contributed by atoms with Gasteiger partial charge in [-0.25, -0.2) is 4.79 Å². The number of fused-ring (bicyclic) bond motifs is 1. The lowest BCUT2D eigenvalue weighted by atomic mass is 9.98. The van der Waals surface area contributed by atoms with E-state index in [1.807, 2.05) is 0 Å². The molecule has 1 aromatic carbocycles. The number of alkyl carbamates (subject to hydrolysis) is 1. The van der Waals surface area contributed by atoms with Crippen LogP contribution in [0.5, 0.6) is 0 Å². The number of methoxy groups -OCH3 is 1. The third-order valence-corrected chi connectivity index (χ3v) is 3.01. The SMILES string of the molecule is COC(=O)NCCc1cccc2c1NCCC2. The predicted octanol–water partition coefficient (Wildman–Crippen LogP) is 1.94. The lowest BCUT2D eigenvalue weighted by Crippen LogP contribution is -2.25. The van der Waals surface area contributed by atoms with Gasteiger partial charge >= 0.3 is 6.09 Å². The Morgan fingerprint density at radius 3 is 3.24 bits per heavy atom. The number of anilines is 1. The summed E-state index contributed by atoms with van der Waals surface area (Å²) in [6, 6.07) is 6.36. The van der Waals surface area contributed by atoms with Gasteiger partial charge in [-0.15, -0.1) is 0 Å². The summed E-state index contributed by atoms with van der Waals surface area (Å²) in [5.74, 6) is 0. The van der Waals surface area contributed by atoms with Crippen molar-refractivity contribution in [3.05, 3.63) is 29.3 Å². The van der Waals surface area contributed by atoms with Gasteiger partial charge in [-0.2, -0.15) is 0 Å². The molecule has 0 aliphatic carbocycles. The van der Waals surface area contributed by atoms with Gasteiger partial charge in [-0.1, -0.05) is 18.2 Å². The first kappa shape index (κ1) is 11.8. The third-order valence-electron chi connectivity index (χ3n) is 3.01. The highest BCUT2D eigenvalue weighted by Crippen LogP contribution is 2.26. The smallest absolute Gasteiger partial charge is 0.406 e. The molecule has 0 spiro atoms. The molecule has 0 atom stereocenters. The Hall–Kier alpha value is -1.71. The molecule has 1 aromatic rings. The normalized spacial score (nSPS) is 13.5. The zero-order chi connectivity index (χ0) is 12.1. The Kier molecular flexibility index (Phi) is 3.85. The number of hydrogen-bond donors (Lipinski definition) is 2. The van der Waals surface area contributed by atoms with E-state index in [0.29, 0.717) is 6.54 Å². The second kappa shape index (κ2) is 5.57. The minimum Gasteiger partial charge on any atom is -0.453 e. The van der Waals surface area contributed by atoms with Crippen molar-refractivity contribution in [2.24, 2.45) is 0 Å². The highest BCUT2D eigenvalue weighted by atomic mass is 16.5. The summed E-state index contributed by atoms with van der Waals surface area (Å²) in [5.41, 5.74) is 3.90. The van der Waals surface area contributed by atoms with Gasteiger partial charge in [0.15, 0.2) is 0 Å². The van der Waals surface area contributed by atoms with Crippen molar-refractivity contribution >= 4 is 11.8 Å². The highest BCUT2D eigenvalue weighted by Gasteiger charge is 2.11. The van der Waals surface area contributed by atoms with E-state index in [9.17, 15) is 4.79 Å². The number of carbonyl (C=O) groups excluding carboxylic acids is 1. The minimum absolute atomic E-state index is 0.372. The monoisotopic (exact) mass is 234 g/mol. The van der Waals surface area contributed by atoms with Crippen LogP contribution in [0.25, 0.3) is 0 Å². The summed E-state index contributed by atoms with van der Waals surface area (Å²) >= 11 is 0. The Balaban J connectivity index is 1.98. The van der Waals surface area contributed by atoms with Gasteiger partial charge in [0.05, 0.1) is 7.11 Å². The van der Waals surface area contributed by atoms with Gasteiger partial charge in [-0.05, 0) is 30.4 Å². The zero-order valence-electron chi connectivity index (χ0n) is 10.1. The molecule has 0 saturated heterocycles. The summed E-state index contributed by atoms with van der Waals surface area (Å²) in [5, 5.41) is 6.14. The highest BCUT2D eigenvalue weighted by molar-refractivity contribution is 5.67. The van der Waals surface area contributed by atoms with Crippen molar-refractivity contribution in [3.8, 4) is 0 Å². The Morgan fingerprint density at radius 2 is 2.41 bits per heavy atom. The van der Waals surface area contributed by atoms with E-state index in [4.69, 9.17) is 0 Å². The fourth-order valence-corrected chi connectivity index (χ4v) is 2.16. The van der Waals surface area contributed by atoms with Gasteiger partial charge in [0.2, 0.25) is 0 Å².